The molecule has 1 aliphatic rings. The van der Waals surface area contributed by atoms with Gasteiger partial charge in [0.2, 0.25) is 0 Å². The predicted octanol–water partition coefficient (Wildman–Crippen LogP) is 3.09. The van der Waals surface area contributed by atoms with Crippen molar-refractivity contribution in [2.24, 2.45) is 0 Å². The smallest absolute Gasteiger partial charge is 0.0954 e. The summed E-state index contributed by atoms with van der Waals surface area (Å²) in [4.78, 5) is 4.69. The molecule has 0 spiro atoms. The van der Waals surface area contributed by atoms with E-state index in [1.54, 1.807) is 11.3 Å². The van der Waals surface area contributed by atoms with Crippen LogP contribution < -0.4 is 5.32 Å². The van der Waals surface area contributed by atoms with Gasteiger partial charge in [0, 0.05) is 30.0 Å². The second kappa shape index (κ2) is 5.46. The van der Waals surface area contributed by atoms with E-state index in [2.05, 4.69) is 38.4 Å². The fourth-order valence-corrected chi connectivity index (χ4v) is 3.05. The maximum absolute atomic E-state index is 5.57. The molecule has 3 atom stereocenters. The SMILES string of the molecule is CC(C)c1nc([C@H](C)N[C@H]2CCO[C@H]2C)cs1. The van der Waals surface area contributed by atoms with Crippen LogP contribution in [0.2, 0.25) is 0 Å². The molecule has 0 radical (unpaired) electrons. The van der Waals surface area contributed by atoms with Gasteiger partial charge >= 0.3 is 0 Å². The zero-order valence-corrected chi connectivity index (χ0v) is 11.9. The molecule has 2 rings (SSSR count). The molecule has 0 saturated carbocycles. The van der Waals surface area contributed by atoms with Gasteiger partial charge in [-0.2, -0.15) is 0 Å². The molecule has 1 aromatic heterocycles. The monoisotopic (exact) mass is 254 g/mol. The van der Waals surface area contributed by atoms with E-state index < -0.39 is 0 Å². The molecular formula is C13H22N2OS. The highest BCUT2D eigenvalue weighted by atomic mass is 32.1. The highest BCUT2D eigenvalue weighted by molar-refractivity contribution is 7.09. The van der Waals surface area contributed by atoms with Crippen LogP contribution in [0.25, 0.3) is 0 Å². The fourth-order valence-electron chi connectivity index (χ4n) is 2.12. The standard InChI is InChI=1S/C13H22N2OS/c1-8(2)13-15-12(7-17-13)9(3)14-11-5-6-16-10(11)4/h7-11,14H,5-6H2,1-4H3/t9-,10-,11-/m0/s1. The summed E-state index contributed by atoms with van der Waals surface area (Å²) in [5, 5.41) is 7.02. The van der Waals surface area contributed by atoms with Gasteiger partial charge < -0.3 is 10.1 Å². The summed E-state index contributed by atoms with van der Waals surface area (Å²) >= 11 is 1.76. The number of aromatic nitrogens is 1. The lowest BCUT2D eigenvalue weighted by Crippen LogP contribution is -2.36. The van der Waals surface area contributed by atoms with E-state index in [9.17, 15) is 0 Å². The molecule has 2 heterocycles. The first kappa shape index (κ1) is 13.0. The molecule has 3 nitrogen and oxygen atoms in total. The van der Waals surface area contributed by atoms with Crippen LogP contribution in [0.5, 0.6) is 0 Å². The largest absolute Gasteiger partial charge is 0.377 e. The average Bonchev–Trinajstić information content (AvgIpc) is 2.88. The molecule has 1 aliphatic heterocycles. The van der Waals surface area contributed by atoms with Crippen molar-refractivity contribution in [1.82, 2.24) is 10.3 Å². The van der Waals surface area contributed by atoms with Crippen molar-refractivity contribution in [3.8, 4) is 0 Å². The van der Waals surface area contributed by atoms with Crippen molar-refractivity contribution in [3.63, 3.8) is 0 Å². The summed E-state index contributed by atoms with van der Waals surface area (Å²) < 4.78 is 5.57. The minimum Gasteiger partial charge on any atom is -0.377 e. The summed E-state index contributed by atoms with van der Waals surface area (Å²) in [6, 6.07) is 0.780. The Morgan fingerprint density at radius 1 is 1.47 bits per heavy atom. The lowest BCUT2D eigenvalue weighted by molar-refractivity contribution is 0.111. The maximum atomic E-state index is 5.57. The van der Waals surface area contributed by atoms with Gasteiger partial charge in [-0.05, 0) is 20.3 Å². The summed E-state index contributed by atoms with van der Waals surface area (Å²) in [5.74, 6) is 0.523. The topological polar surface area (TPSA) is 34.2 Å². The molecule has 1 fully saturated rings. The number of nitrogens with zero attached hydrogens (tertiary/aromatic N) is 1. The van der Waals surface area contributed by atoms with Gasteiger partial charge in [0.1, 0.15) is 0 Å². The Morgan fingerprint density at radius 2 is 2.24 bits per heavy atom. The van der Waals surface area contributed by atoms with Crippen LogP contribution in [0.3, 0.4) is 0 Å². The zero-order chi connectivity index (χ0) is 12.4. The first-order chi connectivity index (χ1) is 8.08. The lowest BCUT2D eigenvalue weighted by atomic mass is 10.1. The zero-order valence-electron chi connectivity index (χ0n) is 11.1. The van der Waals surface area contributed by atoms with E-state index in [0.717, 1.165) is 18.7 Å². The van der Waals surface area contributed by atoms with Crippen LogP contribution in [0.4, 0.5) is 0 Å². The maximum Gasteiger partial charge on any atom is 0.0954 e. The molecule has 0 bridgehead atoms. The van der Waals surface area contributed by atoms with Crippen molar-refractivity contribution >= 4 is 11.3 Å². The Labute approximate surface area is 108 Å². The fraction of sp³-hybridized carbons (Fsp3) is 0.769. The third kappa shape index (κ3) is 3.06. The van der Waals surface area contributed by atoms with Gasteiger partial charge in [0.05, 0.1) is 16.8 Å². The van der Waals surface area contributed by atoms with E-state index in [0.29, 0.717) is 24.1 Å². The quantitative estimate of drug-likeness (QED) is 0.896. The van der Waals surface area contributed by atoms with Crippen LogP contribution in [0.15, 0.2) is 5.38 Å². The van der Waals surface area contributed by atoms with Gasteiger partial charge in [0.25, 0.3) is 0 Å². The number of hydrogen-bond donors (Lipinski definition) is 1. The van der Waals surface area contributed by atoms with Gasteiger partial charge in [0.15, 0.2) is 0 Å². The second-order valence-corrected chi connectivity index (χ2v) is 6.01. The molecular weight excluding hydrogens is 232 g/mol. The molecule has 1 N–H and O–H groups in total. The van der Waals surface area contributed by atoms with Crippen LogP contribution in [0, 0.1) is 0 Å². The Hall–Kier alpha value is -0.450. The number of rotatable bonds is 4. The third-order valence-electron chi connectivity index (χ3n) is 3.32. The number of nitrogens with one attached hydrogen (secondary N) is 1. The highest BCUT2D eigenvalue weighted by Gasteiger charge is 2.26. The first-order valence-corrected chi connectivity index (χ1v) is 7.29. The van der Waals surface area contributed by atoms with Crippen LogP contribution in [-0.4, -0.2) is 23.7 Å². The Bertz CT molecular complexity index is 364. The van der Waals surface area contributed by atoms with Crippen molar-refractivity contribution in [2.75, 3.05) is 6.61 Å². The summed E-state index contributed by atoms with van der Waals surface area (Å²) in [7, 11) is 0. The van der Waals surface area contributed by atoms with Gasteiger partial charge in [-0.3, -0.25) is 0 Å². The number of ether oxygens (including phenoxy) is 1. The van der Waals surface area contributed by atoms with Gasteiger partial charge in [-0.1, -0.05) is 13.8 Å². The van der Waals surface area contributed by atoms with Crippen molar-refractivity contribution in [3.05, 3.63) is 16.1 Å². The Balaban J connectivity index is 1.96. The molecule has 17 heavy (non-hydrogen) atoms. The molecule has 0 aromatic carbocycles. The number of thiazole rings is 1. The van der Waals surface area contributed by atoms with E-state index in [-0.39, 0.29) is 0 Å². The van der Waals surface area contributed by atoms with Crippen molar-refractivity contribution in [1.29, 1.82) is 0 Å². The lowest BCUT2D eigenvalue weighted by Gasteiger charge is -2.20. The van der Waals surface area contributed by atoms with E-state index in [1.165, 1.54) is 5.01 Å². The average molecular weight is 254 g/mol. The van der Waals surface area contributed by atoms with E-state index in [4.69, 9.17) is 9.72 Å². The minimum atomic E-state index is 0.313. The van der Waals surface area contributed by atoms with Gasteiger partial charge in [-0.25, -0.2) is 4.98 Å². The summed E-state index contributed by atoms with van der Waals surface area (Å²) in [5.41, 5.74) is 1.16. The van der Waals surface area contributed by atoms with E-state index >= 15 is 0 Å². The van der Waals surface area contributed by atoms with Crippen LogP contribution in [-0.2, 0) is 4.74 Å². The molecule has 96 valence electrons. The molecule has 0 unspecified atom stereocenters. The highest BCUT2D eigenvalue weighted by Crippen LogP contribution is 2.24. The summed E-state index contributed by atoms with van der Waals surface area (Å²) in [6.45, 7) is 9.57. The molecule has 1 saturated heterocycles. The van der Waals surface area contributed by atoms with Gasteiger partial charge in [-0.15, -0.1) is 11.3 Å². The molecule has 0 aliphatic carbocycles. The van der Waals surface area contributed by atoms with Crippen molar-refractivity contribution < 1.29 is 4.74 Å². The van der Waals surface area contributed by atoms with Crippen LogP contribution in [0.1, 0.15) is 56.8 Å². The normalized spacial score (nSPS) is 26.6. The Morgan fingerprint density at radius 3 is 2.76 bits per heavy atom. The molecule has 4 heteroatoms. The molecule has 0 amide bonds. The summed E-state index contributed by atoms with van der Waals surface area (Å²) in [6.07, 6.45) is 1.42. The Kier molecular flexibility index (Phi) is 4.17. The third-order valence-corrected chi connectivity index (χ3v) is 4.48. The molecule has 1 aromatic rings. The first-order valence-electron chi connectivity index (χ1n) is 6.41. The van der Waals surface area contributed by atoms with Crippen molar-refractivity contribution in [2.45, 2.75) is 58.2 Å². The predicted molar refractivity (Wildman–Crippen MR) is 71.6 cm³/mol. The van der Waals surface area contributed by atoms with Crippen LogP contribution >= 0.6 is 11.3 Å². The number of hydrogen-bond acceptors (Lipinski definition) is 4. The van der Waals surface area contributed by atoms with E-state index in [1.807, 2.05) is 0 Å². The second-order valence-electron chi connectivity index (χ2n) is 5.12. The minimum absolute atomic E-state index is 0.313.